The van der Waals surface area contributed by atoms with Crippen LogP contribution in [0.5, 0.6) is 0 Å². The summed E-state index contributed by atoms with van der Waals surface area (Å²) in [6.07, 6.45) is 1.60. The molecule has 142 valence electrons. The quantitative estimate of drug-likeness (QED) is 0.552. The van der Waals surface area contributed by atoms with Crippen LogP contribution in [0.3, 0.4) is 0 Å². The second-order valence-electron chi connectivity index (χ2n) is 6.24. The minimum Gasteiger partial charge on any atom is -0.351 e. The van der Waals surface area contributed by atoms with Crippen molar-refractivity contribution in [2.24, 2.45) is 0 Å². The molecule has 4 rings (SSSR count). The summed E-state index contributed by atoms with van der Waals surface area (Å²) >= 11 is 5.98. The molecular weight excluding hydrogens is 381 g/mol. The second-order valence-corrected chi connectivity index (χ2v) is 6.68. The number of hydrogen-bond acceptors (Lipinski definition) is 4. The Kier molecular flexibility index (Phi) is 4.83. The van der Waals surface area contributed by atoms with Gasteiger partial charge >= 0.3 is 0 Å². The molecule has 2 aromatic heterocycles. The Balaban J connectivity index is 1.85. The van der Waals surface area contributed by atoms with Crippen molar-refractivity contribution in [3.8, 4) is 5.69 Å². The van der Waals surface area contributed by atoms with Crippen LogP contribution in [-0.4, -0.2) is 19.1 Å². The van der Waals surface area contributed by atoms with E-state index >= 15 is 0 Å². The Hall–Kier alpha value is -3.19. The first-order valence-electron chi connectivity index (χ1n) is 8.79. The fourth-order valence-electron chi connectivity index (χ4n) is 3.00. The lowest BCUT2D eigenvalue weighted by Crippen LogP contribution is -2.24. The van der Waals surface area contributed by atoms with Crippen molar-refractivity contribution in [2.75, 3.05) is 5.32 Å². The number of imidazole rings is 1. The van der Waals surface area contributed by atoms with Crippen LogP contribution < -0.4 is 10.9 Å². The molecule has 0 amide bonds. The molecule has 0 spiro atoms. The molecule has 2 heterocycles. The molecule has 0 saturated heterocycles. The molecule has 0 bridgehead atoms. The monoisotopic (exact) mass is 397 g/mol. The van der Waals surface area contributed by atoms with Gasteiger partial charge in [-0.05, 0) is 48.9 Å². The summed E-state index contributed by atoms with van der Waals surface area (Å²) in [5, 5.41) is 3.72. The molecule has 4 aromatic rings. The van der Waals surface area contributed by atoms with Gasteiger partial charge in [0, 0.05) is 18.1 Å². The highest BCUT2D eigenvalue weighted by atomic mass is 35.5. The normalized spacial score (nSPS) is 11.1. The number of rotatable bonds is 5. The van der Waals surface area contributed by atoms with Crippen molar-refractivity contribution >= 4 is 28.7 Å². The van der Waals surface area contributed by atoms with E-state index in [4.69, 9.17) is 11.6 Å². The van der Waals surface area contributed by atoms with E-state index in [1.807, 2.05) is 6.92 Å². The number of benzene rings is 2. The van der Waals surface area contributed by atoms with Crippen LogP contribution in [0.15, 0.2) is 59.7 Å². The number of nitrogens with one attached hydrogen (secondary N) is 1. The maximum Gasteiger partial charge on any atom is 0.287 e. The average molecular weight is 398 g/mol. The third-order valence-corrected chi connectivity index (χ3v) is 4.66. The predicted octanol–water partition coefficient (Wildman–Crippen LogP) is 4.01. The minimum absolute atomic E-state index is 0.285. The topological polar surface area (TPSA) is 64.7 Å². The van der Waals surface area contributed by atoms with Gasteiger partial charge in [-0.3, -0.25) is 4.79 Å². The number of fused-ring (bicyclic) bond motifs is 1. The molecule has 0 atom stereocenters. The van der Waals surface area contributed by atoms with E-state index in [0.29, 0.717) is 35.4 Å². The lowest BCUT2D eigenvalue weighted by Gasteiger charge is -2.14. The van der Waals surface area contributed by atoms with Crippen LogP contribution in [0.1, 0.15) is 12.5 Å². The van der Waals surface area contributed by atoms with Gasteiger partial charge in [-0.15, -0.1) is 0 Å². The molecule has 2 aromatic carbocycles. The molecule has 0 aliphatic carbocycles. The summed E-state index contributed by atoms with van der Waals surface area (Å²) in [6.45, 7) is 2.90. The molecule has 28 heavy (non-hydrogen) atoms. The Morgan fingerprint density at radius 3 is 2.68 bits per heavy atom. The molecule has 0 aliphatic rings. The molecule has 8 heteroatoms. The summed E-state index contributed by atoms with van der Waals surface area (Å²) in [7, 11) is 0. The fraction of sp³-hybridized carbons (Fsp3) is 0.150. The lowest BCUT2D eigenvalue weighted by atomic mass is 10.2. The van der Waals surface area contributed by atoms with E-state index in [1.165, 1.54) is 16.7 Å². The lowest BCUT2D eigenvalue weighted by molar-refractivity contribution is 0.626. The summed E-state index contributed by atoms with van der Waals surface area (Å²) < 4.78 is 16.7. The highest BCUT2D eigenvalue weighted by Crippen LogP contribution is 2.19. The van der Waals surface area contributed by atoms with Crippen LogP contribution in [0.25, 0.3) is 16.9 Å². The van der Waals surface area contributed by atoms with Gasteiger partial charge in [0.2, 0.25) is 5.95 Å². The summed E-state index contributed by atoms with van der Waals surface area (Å²) in [4.78, 5) is 22.0. The zero-order chi connectivity index (χ0) is 19.7. The smallest absolute Gasteiger partial charge is 0.287 e. The third kappa shape index (κ3) is 3.36. The molecule has 0 unspecified atom stereocenters. The summed E-state index contributed by atoms with van der Waals surface area (Å²) in [5.41, 5.74) is 1.84. The number of anilines is 1. The van der Waals surface area contributed by atoms with Crippen molar-refractivity contribution in [1.29, 1.82) is 0 Å². The van der Waals surface area contributed by atoms with Crippen LogP contribution in [0, 0.1) is 5.82 Å². The van der Waals surface area contributed by atoms with Gasteiger partial charge in [-0.1, -0.05) is 23.7 Å². The first-order valence-corrected chi connectivity index (χ1v) is 9.16. The number of nitrogens with zero attached hydrogens (tertiary/aromatic N) is 4. The van der Waals surface area contributed by atoms with Gasteiger partial charge in [0.1, 0.15) is 5.82 Å². The third-order valence-electron chi connectivity index (χ3n) is 4.40. The molecule has 0 saturated carbocycles. The molecule has 0 fully saturated rings. The van der Waals surface area contributed by atoms with Gasteiger partial charge in [0.15, 0.2) is 11.2 Å². The van der Waals surface area contributed by atoms with Gasteiger partial charge in [0.05, 0.1) is 12.0 Å². The zero-order valence-corrected chi connectivity index (χ0v) is 15.8. The largest absolute Gasteiger partial charge is 0.351 e. The maximum absolute atomic E-state index is 13.5. The summed E-state index contributed by atoms with van der Waals surface area (Å²) in [5.74, 6) is 0.0288. The van der Waals surface area contributed by atoms with E-state index in [0.717, 1.165) is 5.56 Å². The van der Waals surface area contributed by atoms with Crippen molar-refractivity contribution in [2.45, 2.75) is 20.0 Å². The van der Waals surface area contributed by atoms with Crippen molar-refractivity contribution in [1.82, 2.24) is 19.1 Å². The highest BCUT2D eigenvalue weighted by Gasteiger charge is 2.16. The van der Waals surface area contributed by atoms with Crippen LogP contribution >= 0.6 is 11.6 Å². The van der Waals surface area contributed by atoms with Crippen LogP contribution in [0.2, 0.25) is 5.02 Å². The number of aryl methyl sites for hydroxylation is 1. The van der Waals surface area contributed by atoms with E-state index in [-0.39, 0.29) is 16.9 Å². The standard InChI is InChI=1S/C20H17ClFN5O/c1-2-26-12-24-17-18(26)25-20(23-11-13-4-3-5-15(22)10-13)27(19(17)28)16-8-6-14(21)7-9-16/h3-10,12H,2,11H2,1H3,(H,23,25). The van der Waals surface area contributed by atoms with Gasteiger partial charge < -0.3 is 9.88 Å². The average Bonchev–Trinajstić information content (AvgIpc) is 3.11. The molecule has 1 N–H and O–H groups in total. The Bertz CT molecular complexity index is 1200. The van der Waals surface area contributed by atoms with Crippen molar-refractivity contribution in [3.63, 3.8) is 0 Å². The zero-order valence-electron chi connectivity index (χ0n) is 15.1. The number of halogens is 2. The Morgan fingerprint density at radius 2 is 1.96 bits per heavy atom. The van der Waals surface area contributed by atoms with Crippen molar-refractivity contribution < 1.29 is 4.39 Å². The van der Waals surface area contributed by atoms with Gasteiger partial charge in [0.25, 0.3) is 5.56 Å². The molecule has 6 nitrogen and oxygen atoms in total. The van der Waals surface area contributed by atoms with E-state index in [2.05, 4.69) is 15.3 Å². The Morgan fingerprint density at radius 1 is 1.18 bits per heavy atom. The summed E-state index contributed by atoms with van der Waals surface area (Å²) in [6, 6.07) is 13.1. The molecular formula is C20H17ClFN5O. The highest BCUT2D eigenvalue weighted by molar-refractivity contribution is 6.30. The van der Waals surface area contributed by atoms with E-state index in [9.17, 15) is 9.18 Å². The Labute approximate surface area is 165 Å². The first kappa shape index (κ1) is 18.2. The van der Waals surface area contributed by atoms with E-state index in [1.54, 1.807) is 47.3 Å². The molecule has 0 aliphatic heterocycles. The predicted molar refractivity (Wildman–Crippen MR) is 108 cm³/mol. The number of aromatic nitrogens is 4. The van der Waals surface area contributed by atoms with Crippen LogP contribution in [0.4, 0.5) is 10.3 Å². The SMILES string of the molecule is CCn1cnc2c(=O)n(-c3ccc(Cl)cc3)c(NCc3cccc(F)c3)nc21. The minimum atomic E-state index is -0.318. The van der Waals surface area contributed by atoms with Crippen molar-refractivity contribution in [3.05, 3.63) is 81.6 Å². The first-order chi connectivity index (χ1) is 13.6. The van der Waals surface area contributed by atoms with Crippen LogP contribution in [-0.2, 0) is 13.1 Å². The van der Waals surface area contributed by atoms with Gasteiger partial charge in [-0.2, -0.15) is 4.98 Å². The maximum atomic E-state index is 13.5. The fourth-order valence-corrected chi connectivity index (χ4v) is 3.13. The second kappa shape index (κ2) is 7.44. The van der Waals surface area contributed by atoms with E-state index < -0.39 is 0 Å². The van der Waals surface area contributed by atoms with Gasteiger partial charge in [-0.25, -0.2) is 13.9 Å². The number of hydrogen-bond donors (Lipinski definition) is 1. The molecule has 0 radical (unpaired) electrons.